The van der Waals surface area contributed by atoms with Gasteiger partial charge in [-0.3, -0.25) is 0 Å². The number of aliphatic imine (C=N–C) groups is 1. The Hall–Kier alpha value is -2.22. The van der Waals surface area contributed by atoms with E-state index in [1.165, 1.54) is 0 Å². The Bertz CT molecular complexity index is 537. The van der Waals surface area contributed by atoms with Crippen LogP contribution < -0.4 is 30.6 Å². The van der Waals surface area contributed by atoms with Gasteiger partial charge in [0, 0.05) is 5.56 Å². The average molecular weight is 296 g/mol. The molecule has 8 heteroatoms. The van der Waals surface area contributed by atoms with Gasteiger partial charge in [-0.25, -0.2) is 4.99 Å². The van der Waals surface area contributed by atoms with Gasteiger partial charge in [0.25, 0.3) is 0 Å². The van der Waals surface area contributed by atoms with Crippen LogP contribution in [-0.2, 0) is 0 Å². The monoisotopic (exact) mass is 296 g/mol. The first-order valence-corrected chi connectivity index (χ1v) is 6.20. The van der Waals surface area contributed by atoms with E-state index in [4.69, 9.17) is 32.2 Å². The van der Waals surface area contributed by atoms with E-state index >= 15 is 0 Å². The largest absolute Gasteiger partial charge is 0.493 e. The summed E-state index contributed by atoms with van der Waals surface area (Å²) in [5.74, 6) is 1.86. The second-order valence-electron chi connectivity index (χ2n) is 3.97. The van der Waals surface area contributed by atoms with Crippen molar-refractivity contribution in [2.24, 2.45) is 10.7 Å². The van der Waals surface area contributed by atoms with Gasteiger partial charge in [0.2, 0.25) is 5.75 Å². The highest BCUT2D eigenvalue weighted by Crippen LogP contribution is 2.39. The molecule has 1 heterocycles. The summed E-state index contributed by atoms with van der Waals surface area (Å²) in [4.78, 5) is 4.24. The summed E-state index contributed by atoms with van der Waals surface area (Å²) in [6.45, 7) is 0. The summed E-state index contributed by atoms with van der Waals surface area (Å²) in [6, 6.07) is 3.59. The van der Waals surface area contributed by atoms with Gasteiger partial charge >= 0.3 is 0 Å². The van der Waals surface area contributed by atoms with Crippen LogP contribution in [0.5, 0.6) is 17.2 Å². The molecule has 4 N–H and O–H groups in total. The van der Waals surface area contributed by atoms with Crippen molar-refractivity contribution in [2.75, 3.05) is 21.3 Å². The smallest absolute Gasteiger partial charge is 0.203 e. The van der Waals surface area contributed by atoms with Crippen molar-refractivity contribution in [1.29, 1.82) is 0 Å². The van der Waals surface area contributed by atoms with Crippen LogP contribution in [0.15, 0.2) is 17.1 Å². The predicted octanol–water partition coefficient (Wildman–Crippen LogP) is 0.503. The summed E-state index contributed by atoms with van der Waals surface area (Å²) in [5, 5.41) is 6.14. The van der Waals surface area contributed by atoms with Crippen LogP contribution in [0.2, 0.25) is 0 Å². The van der Waals surface area contributed by atoms with E-state index in [1.807, 2.05) is 0 Å². The molecule has 1 aromatic rings. The zero-order valence-corrected chi connectivity index (χ0v) is 12.2. The topological polar surface area (TPSA) is 90.1 Å². The predicted molar refractivity (Wildman–Crippen MR) is 79.3 cm³/mol. The Kier molecular flexibility index (Phi) is 4.14. The molecule has 0 saturated carbocycles. The lowest BCUT2D eigenvalue weighted by Crippen LogP contribution is -2.49. The van der Waals surface area contributed by atoms with Crippen molar-refractivity contribution in [2.45, 2.75) is 6.17 Å². The second kappa shape index (κ2) is 5.83. The minimum atomic E-state index is -0.405. The molecule has 1 atom stereocenters. The third-order valence-electron chi connectivity index (χ3n) is 2.78. The second-order valence-corrected chi connectivity index (χ2v) is 4.38. The van der Waals surface area contributed by atoms with Crippen LogP contribution in [0, 0.1) is 0 Å². The minimum absolute atomic E-state index is 0.257. The fourth-order valence-corrected chi connectivity index (χ4v) is 2.11. The quantitative estimate of drug-likeness (QED) is 0.697. The number of ether oxygens (including phenoxy) is 3. The number of nitrogens with two attached hydrogens (primary N) is 1. The van der Waals surface area contributed by atoms with E-state index in [9.17, 15) is 0 Å². The molecule has 1 unspecified atom stereocenters. The van der Waals surface area contributed by atoms with Gasteiger partial charge in [-0.15, -0.1) is 0 Å². The minimum Gasteiger partial charge on any atom is -0.493 e. The molecule has 0 bridgehead atoms. The number of rotatable bonds is 4. The summed E-state index contributed by atoms with van der Waals surface area (Å²) in [7, 11) is 4.66. The first kappa shape index (κ1) is 14.2. The number of hydrogen-bond acceptors (Lipinski definition) is 6. The Morgan fingerprint density at radius 1 is 1.15 bits per heavy atom. The lowest BCUT2D eigenvalue weighted by Gasteiger charge is -2.24. The molecule has 108 valence electrons. The van der Waals surface area contributed by atoms with E-state index < -0.39 is 6.17 Å². The van der Waals surface area contributed by atoms with E-state index in [1.54, 1.807) is 33.5 Å². The Balaban J connectivity index is 2.47. The number of benzene rings is 1. The summed E-state index contributed by atoms with van der Waals surface area (Å²) >= 11 is 5.06. The van der Waals surface area contributed by atoms with Crippen LogP contribution in [0.1, 0.15) is 11.7 Å². The Labute approximate surface area is 122 Å². The van der Waals surface area contributed by atoms with Crippen LogP contribution in [0.25, 0.3) is 0 Å². The summed E-state index contributed by atoms with van der Waals surface area (Å²) in [5.41, 5.74) is 6.47. The maximum atomic E-state index is 5.67. The van der Waals surface area contributed by atoms with Gasteiger partial charge < -0.3 is 30.6 Å². The molecule has 0 fully saturated rings. The van der Waals surface area contributed by atoms with E-state index in [2.05, 4.69) is 15.6 Å². The third-order valence-corrected chi connectivity index (χ3v) is 3.00. The van der Waals surface area contributed by atoms with Gasteiger partial charge in [-0.1, -0.05) is 0 Å². The molecular weight excluding hydrogens is 280 g/mol. The standard InChI is InChI=1S/C12H16N4O3S/c1-17-7-4-6(5-8(18-2)9(7)19-3)10-14-11(13)16-12(20)15-10/h4-5,10H,1-3H3,(H4,13,14,15,16,20). The lowest BCUT2D eigenvalue weighted by molar-refractivity contribution is 0.323. The first-order valence-electron chi connectivity index (χ1n) is 5.79. The molecule has 1 aliphatic heterocycles. The zero-order valence-electron chi connectivity index (χ0n) is 11.4. The van der Waals surface area contributed by atoms with Gasteiger partial charge in [0.15, 0.2) is 28.7 Å². The van der Waals surface area contributed by atoms with Crippen LogP contribution >= 0.6 is 12.2 Å². The van der Waals surface area contributed by atoms with Crippen molar-refractivity contribution in [3.05, 3.63) is 17.7 Å². The molecule has 1 aliphatic rings. The van der Waals surface area contributed by atoms with Crippen LogP contribution in [0.3, 0.4) is 0 Å². The Morgan fingerprint density at radius 3 is 2.20 bits per heavy atom. The van der Waals surface area contributed by atoms with Crippen molar-refractivity contribution in [3.8, 4) is 17.2 Å². The highest BCUT2D eigenvalue weighted by atomic mass is 32.1. The number of methoxy groups -OCH3 is 3. The number of hydrogen-bond donors (Lipinski definition) is 3. The van der Waals surface area contributed by atoms with Crippen molar-refractivity contribution in [3.63, 3.8) is 0 Å². The molecular formula is C12H16N4O3S. The molecule has 0 aliphatic carbocycles. The van der Waals surface area contributed by atoms with E-state index in [0.29, 0.717) is 22.4 Å². The summed E-state index contributed by atoms with van der Waals surface area (Å²) < 4.78 is 15.9. The number of guanidine groups is 1. The highest BCUT2D eigenvalue weighted by molar-refractivity contribution is 7.80. The SMILES string of the molecule is COc1cc(C2N=C(N)NC(=S)N2)cc(OC)c1OC. The van der Waals surface area contributed by atoms with Gasteiger partial charge in [0.05, 0.1) is 21.3 Å². The lowest BCUT2D eigenvalue weighted by atomic mass is 10.1. The number of nitrogens with one attached hydrogen (secondary N) is 2. The van der Waals surface area contributed by atoms with Gasteiger partial charge in [-0.2, -0.15) is 0 Å². The molecule has 20 heavy (non-hydrogen) atoms. The van der Waals surface area contributed by atoms with E-state index in [-0.39, 0.29) is 5.96 Å². The zero-order chi connectivity index (χ0) is 14.7. The Morgan fingerprint density at radius 2 is 1.75 bits per heavy atom. The van der Waals surface area contributed by atoms with Crippen molar-refractivity contribution in [1.82, 2.24) is 10.6 Å². The molecule has 0 aromatic heterocycles. The molecule has 2 rings (SSSR count). The molecule has 0 radical (unpaired) electrons. The highest BCUT2D eigenvalue weighted by Gasteiger charge is 2.21. The first-order chi connectivity index (χ1) is 9.58. The van der Waals surface area contributed by atoms with Crippen LogP contribution in [0.4, 0.5) is 0 Å². The van der Waals surface area contributed by atoms with Gasteiger partial charge in [0.1, 0.15) is 0 Å². The van der Waals surface area contributed by atoms with E-state index in [0.717, 1.165) is 5.56 Å². The van der Waals surface area contributed by atoms with Crippen molar-refractivity contribution < 1.29 is 14.2 Å². The molecule has 0 spiro atoms. The molecule has 7 nitrogen and oxygen atoms in total. The third kappa shape index (κ3) is 2.69. The molecule has 0 amide bonds. The van der Waals surface area contributed by atoms with Crippen molar-refractivity contribution >= 4 is 23.3 Å². The number of nitrogens with zero attached hydrogens (tertiary/aromatic N) is 1. The fraction of sp³-hybridized carbons (Fsp3) is 0.333. The molecule has 0 saturated heterocycles. The fourth-order valence-electron chi connectivity index (χ4n) is 1.90. The molecule has 1 aromatic carbocycles. The normalized spacial score (nSPS) is 17.6. The van der Waals surface area contributed by atoms with Crippen LogP contribution in [-0.4, -0.2) is 32.4 Å². The summed E-state index contributed by atoms with van der Waals surface area (Å²) in [6.07, 6.45) is -0.405. The average Bonchev–Trinajstić information content (AvgIpc) is 2.44. The van der Waals surface area contributed by atoms with Gasteiger partial charge in [-0.05, 0) is 24.4 Å². The number of thiocarbonyl (C=S) groups is 1. The maximum Gasteiger partial charge on any atom is 0.203 e. The maximum absolute atomic E-state index is 5.67.